The van der Waals surface area contributed by atoms with E-state index in [9.17, 15) is 4.79 Å². The van der Waals surface area contributed by atoms with Crippen molar-refractivity contribution in [1.29, 1.82) is 0 Å². The predicted molar refractivity (Wildman–Crippen MR) is 78.8 cm³/mol. The molecule has 1 heterocycles. The molecule has 0 spiro atoms. The van der Waals surface area contributed by atoms with Crippen molar-refractivity contribution in [1.82, 2.24) is 5.01 Å². The van der Waals surface area contributed by atoms with E-state index in [1.807, 2.05) is 48.5 Å². The van der Waals surface area contributed by atoms with Crippen LogP contribution in [0.2, 0.25) is 0 Å². The summed E-state index contributed by atoms with van der Waals surface area (Å²) in [7, 11) is 0. The van der Waals surface area contributed by atoms with Crippen LogP contribution in [-0.2, 0) is 0 Å². The smallest absolute Gasteiger partial charge is 0.267 e. The molecule has 1 amide bonds. The number of hydrogen-bond acceptors (Lipinski definition) is 2. The highest BCUT2D eigenvalue weighted by Crippen LogP contribution is 2.31. The van der Waals surface area contributed by atoms with Crippen molar-refractivity contribution in [3.05, 3.63) is 69.7 Å². The summed E-state index contributed by atoms with van der Waals surface area (Å²) < 4.78 is 1.02. The van der Waals surface area contributed by atoms with Crippen molar-refractivity contribution in [3.63, 3.8) is 0 Å². The highest BCUT2D eigenvalue weighted by atomic mass is 79.9. The minimum atomic E-state index is -0.168. The highest BCUT2D eigenvalue weighted by molar-refractivity contribution is 9.10. The summed E-state index contributed by atoms with van der Waals surface area (Å²) in [6.07, 6.45) is 1.91. The molecule has 1 aliphatic rings. The molecular formula is C15H11BrN2O. The van der Waals surface area contributed by atoms with Gasteiger partial charge in [0.25, 0.3) is 5.91 Å². The third-order valence-corrected chi connectivity index (χ3v) is 3.61. The van der Waals surface area contributed by atoms with E-state index >= 15 is 0 Å². The summed E-state index contributed by atoms with van der Waals surface area (Å²) in [5, 5.41) is 1.20. The molecule has 1 aliphatic heterocycles. The van der Waals surface area contributed by atoms with E-state index in [0.717, 1.165) is 21.3 Å². The maximum Gasteiger partial charge on any atom is 0.273 e. The molecule has 0 radical (unpaired) electrons. The van der Waals surface area contributed by atoms with E-state index in [1.54, 1.807) is 6.07 Å². The highest BCUT2D eigenvalue weighted by Gasteiger charge is 2.29. The van der Waals surface area contributed by atoms with Gasteiger partial charge in [0.15, 0.2) is 0 Å². The van der Waals surface area contributed by atoms with E-state index in [1.165, 1.54) is 5.01 Å². The SMILES string of the molecule is NN1C(=O)c2ccccc2/C1=C/c1ccc(Br)cc1. The number of halogens is 1. The first-order valence-corrected chi connectivity index (χ1v) is 6.62. The second kappa shape index (κ2) is 4.64. The van der Waals surface area contributed by atoms with Gasteiger partial charge in [-0.15, -0.1) is 0 Å². The van der Waals surface area contributed by atoms with Gasteiger partial charge in [0.05, 0.1) is 11.3 Å². The Hall–Kier alpha value is -1.91. The molecule has 4 heteroatoms. The molecule has 3 nitrogen and oxygen atoms in total. The molecule has 0 unspecified atom stereocenters. The largest absolute Gasteiger partial charge is 0.273 e. The zero-order chi connectivity index (χ0) is 13.4. The lowest BCUT2D eigenvalue weighted by Crippen LogP contribution is -2.30. The third-order valence-electron chi connectivity index (χ3n) is 3.09. The predicted octanol–water partition coefficient (Wildman–Crippen LogP) is 3.28. The number of nitrogens with two attached hydrogens (primary N) is 1. The monoisotopic (exact) mass is 314 g/mol. The van der Waals surface area contributed by atoms with E-state index in [-0.39, 0.29) is 5.91 Å². The van der Waals surface area contributed by atoms with Crippen LogP contribution in [0.3, 0.4) is 0 Å². The number of amides is 1. The fourth-order valence-corrected chi connectivity index (χ4v) is 2.39. The maximum atomic E-state index is 12.0. The first-order chi connectivity index (χ1) is 9.16. The molecule has 94 valence electrons. The van der Waals surface area contributed by atoms with Crippen LogP contribution in [0.5, 0.6) is 0 Å². The van der Waals surface area contributed by atoms with E-state index < -0.39 is 0 Å². The molecule has 0 aliphatic carbocycles. The van der Waals surface area contributed by atoms with Gasteiger partial charge in [-0.05, 0) is 29.8 Å². The van der Waals surface area contributed by atoms with Crippen LogP contribution in [0.1, 0.15) is 21.5 Å². The van der Waals surface area contributed by atoms with Gasteiger partial charge in [0.2, 0.25) is 0 Å². The Balaban J connectivity index is 2.10. The number of fused-ring (bicyclic) bond motifs is 1. The standard InChI is InChI=1S/C15H11BrN2O/c16-11-7-5-10(6-8-11)9-14-12-3-1-2-4-13(12)15(19)18(14)17/h1-9H,17H2/b14-9-. The summed E-state index contributed by atoms with van der Waals surface area (Å²) in [5.74, 6) is 5.69. The van der Waals surface area contributed by atoms with Crippen molar-refractivity contribution < 1.29 is 4.79 Å². The van der Waals surface area contributed by atoms with Crippen molar-refractivity contribution in [3.8, 4) is 0 Å². The molecule has 2 N–H and O–H groups in total. The van der Waals surface area contributed by atoms with Gasteiger partial charge in [0.1, 0.15) is 0 Å². The van der Waals surface area contributed by atoms with E-state index in [2.05, 4.69) is 15.9 Å². The van der Waals surface area contributed by atoms with Crippen LogP contribution in [0.25, 0.3) is 11.8 Å². The molecular weight excluding hydrogens is 304 g/mol. The number of carbonyl (C=O) groups is 1. The molecule has 2 aromatic rings. The van der Waals surface area contributed by atoms with Crippen LogP contribution in [0, 0.1) is 0 Å². The molecule has 0 aromatic heterocycles. The zero-order valence-electron chi connectivity index (χ0n) is 10.0. The molecule has 2 aromatic carbocycles. The fourth-order valence-electron chi connectivity index (χ4n) is 2.13. The van der Waals surface area contributed by atoms with Crippen LogP contribution < -0.4 is 5.84 Å². The molecule has 0 fully saturated rings. The Labute approximate surface area is 119 Å². The summed E-state index contributed by atoms with van der Waals surface area (Å²) in [6.45, 7) is 0. The summed E-state index contributed by atoms with van der Waals surface area (Å²) in [6, 6.07) is 15.3. The number of rotatable bonds is 1. The van der Waals surface area contributed by atoms with Crippen LogP contribution >= 0.6 is 15.9 Å². The number of benzene rings is 2. The van der Waals surface area contributed by atoms with Crippen LogP contribution in [0.4, 0.5) is 0 Å². The Bertz CT molecular complexity index is 677. The van der Waals surface area contributed by atoms with Crippen LogP contribution in [-0.4, -0.2) is 10.9 Å². The lowest BCUT2D eigenvalue weighted by atomic mass is 10.1. The number of carbonyl (C=O) groups excluding carboxylic acids is 1. The normalized spacial score (nSPS) is 16.0. The van der Waals surface area contributed by atoms with Gasteiger partial charge in [-0.3, -0.25) is 4.79 Å². The molecule has 0 bridgehead atoms. The molecule has 3 rings (SSSR count). The second-order valence-corrected chi connectivity index (χ2v) is 5.22. The first kappa shape index (κ1) is 12.1. The molecule has 0 saturated carbocycles. The van der Waals surface area contributed by atoms with Crippen molar-refractivity contribution in [2.75, 3.05) is 0 Å². The van der Waals surface area contributed by atoms with Crippen molar-refractivity contribution >= 4 is 33.6 Å². The minimum absolute atomic E-state index is 0.168. The van der Waals surface area contributed by atoms with Crippen molar-refractivity contribution in [2.24, 2.45) is 5.84 Å². The number of hydrazine groups is 1. The lowest BCUT2D eigenvalue weighted by molar-refractivity contribution is 0.0851. The summed E-state index contributed by atoms with van der Waals surface area (Å²) in [4.78, 5) is 12.0. The topological polar surface area (TPSA) is 46.3 Å². The first-order valence-electron chi connectivity index (χ1n) is 5.82. The Morgan fingerprint density at radius 2 is 1.63 bits per heavy atom. The lowest BCUT2D eigenvalue weighted by Gasteiger charge is -2.10. The number of hydrogen-bond donors (Lipinski definition) is 1. The zero-order valence-corrected chi connectivity index (χ0v) is 11.6. The van der Waals surface area contributed by atoms with E-state index in [4.69, 9.17) is 5.84 Å². The second-order valence-electron chi connectivity index (χ2n) is 4.30. The molecule has 19 heavy (non-hydrogen) atoms. The Morgan fingerprint density at radius 1 is 1.00 bits per heavy atom. The molecule has 0 atom stereocenters. The van der Waals surface area contributed by atoms with E-state index in [0.29, 0.717) is 5.56 Å². The quantitative estimate of drug-likeness (QED) is 0.648. The average molecular weight is 315 g/mol. The van der Waals surface area contributed by atoms with Gasteiger partial charge >= 0.3 is 0 Å². The third kappa shape index (κ3) is 2.09. The van der Waals surface area contributed by atoms with Gasteiger partial charge in [-0.2, -0.15) is 0 Å². The van der Waals surface area contributed by atoms with Crippen LogP contribution in [0.15, 0.2) is 53.0 Å². The summed E-state index contributed by atoms with van der Waals surface area (Å²) >= 11 is 3.40. The van der Waals surface area contributed by atoms with Gasteiger partial charge < -0.3 is 0 Å². The Morgan fingerprint density at radius 3 is 2.32 bits per heavy atom. The molecule has 0 saturated heterocycles. The Kier molecular flexibility index (Phi) is 2.97. The summed E-state index contributed by atoms with van der Waals surface area (Å²) in [5.41, 5.74) is 3.24. The minimum Gasteiger partial charge on any atom is -0.267 e. The van der Waals surface area contributed by atoms with Gasteiger partial charge in [-0.1, -0.05) is 46.3 Å². The van der Waals surface area contributed by atoms with Gasteiger partial charge in [0, 0.05) is 10.0 Å². The fraction of sp³-hybridized carbons (Fsp3) is 0. The van der Waals surface area contributed by atoms with Gasteiger partial charge in [-0.25, -0.2) is 10.9 Å². The average Bonchev–Trinajstić information content (AvgIpc) is 2.67. The number of nitrogens with zero attached hydrogens (tertiary/aromatic N) is 1. The van der Waals surface area contributed by atoms with Crippen molar-refractivity contribution in [2.45, 2.75) is 0 Å². The maximum absolute atomic E-state index is 12.0.